The van der Waals surface area contributed by atoms with Crippen molar-refractivity contribution in [1.82, 2.24) is 10.3 Å². The molecule has 1 aromatic heterocycles. The largest absolute Gasteiger partial charge is 0.476 e. The van der Waals surface area contributed by atoms with Crippen LogP contribution in [0.15, 0.2) is 12.3 Å². The molecule has 0 amide bonds. The van der Waals surface area contributed by atoms with E-state index in [0.717, 1.165) is 12.8 Å². The number of hydrogen-bond acceptors (Lipinski definition) is 3. The standard InChI is InChI=1S/C11H17FN2O/c1-3-4-7-15-11-10(12)9(8-13-2)5-6-14-11/h5-6,13H,3-4,7-8H2,1-2H3. The van der Waals surface area contributed by atoms with Crippen LogP contribution in [0.1, 0.15) is 25.3 Å². The van der Waals surface area contributed by atoms with Gasteiger partial charge < -0.3 is 10.1 Å². The topological polar surface area (TPSA) is 34.1 Å². The summed E-state index contributed by atoms with van der Waals surface area (Å²) < 4.78 is 18.9. The van der Waals surface area contributed by atoms with Crippen molar-refractivity contribution in [1.29, 1.82) is 0 Å². The number of halogens is 1. The quantitative estimate of drug-likeness (QED) is 0.733. The zero-order valence-electron chi connectivity index (χ0n) is 9.22. The first-order chi connectivity index (χ1) is 7.29. The maximum atomic E-state index is 13.7. The molecular formula is C11H17FN2O. The average molecular weight is 212 g/mol. The molecule has 0 fully saturated rings. The summed E-state index contributed by atoms with van der Waals surface area (Å²) in [6.07, 6.45) is 3.51. The summed E-state index contributed by atoms with van der Waals surface area (Å²) in [5.74, 6) is -0.251. The molecule has 0 atom stereocenters. The zero-order valence-corrected chi connectivity index (χ0v) is 9.22. The minimum absolute atomic E-state index is 0.108. The van der Waals surface area contributed by atoms with E-state index in [0.29, 0.717) is 18.7 Å². The maximum Gasteiger partial charge on any atom is 0.250 e. The minimum atomic E-state index is -0.358. The highest BCUT2D eigenvalue weighted by atomic mass is 19.1. The number of rotatable bonds is 6. The Bertz CT molecular complexity index is 305. The van der Waals surface area contributed by atoms with E-state index in [-0.39, 0.29) is 11.7 Å². The second-order valence-corrected chi connectivity index (χ2v) is 3.32. The highest BCUT2D eigenvalue weighted by Crippen LogP contribution is 2.17. The van der Waals surface area contributed by atoms with Crippen molar-refractivity contribution in [3.8, 4) is 5.88 Å². The van der Waals surface area contributed by atoms with Crippen molar-refractivity contribution in [2.75, 3.05) is 13.7 Å². The highest BCUT2D eigenvalue weighted by molar-refractivity contribution is 5.23. The summed E-state index contributed by atoms with van der Waals surface area (Å²) in [7, 11) is 1.78. The highest BCUT2D eigenvalue weighted by Gasteiger charge is 2.09. The smallest absolute Gasteiger partial charge is 0.250 e. The minimum Gasteiger partial charge on any atom is -0.476 e. The van der Waals surface area contributed by atoms with Crippen molar-refractivity contribution in [2.24, 2.45) is 0 Å². The molecule has 0 unspecified atom stereocenters. The Morgan fingerprint density at radius 1 is 1.53 bits per heavy atom. The molecule has 0 aliphatic carbocycles. The van der Waals surface area contributed by atoms with Crippen LogP contribution < -0.4 is 10.1 Å². The van der Waals surface area contributed by atoms with Gasteiger partial charge in [-0.3, -0.25) is 0 Å². The van der Waals surface area contributed by atoms with Gasteiger partial charge in [0.05, 0.1) is 6.61 Å². The molecule has 1 heterocycles. The van der Waals surface area contributed by atoms with Crippen molar-refractivity contribution in [3.05, 3.63) is 23.6 Å². The van der Waals surface area contributed by atoms with Crippen LogP contribution in [0.25, 0.3) is 0 Å². The second kappa shape index (κ2) is 6.35. The molecule has 15 heavy (non-hydrogen) atoms. The molecule has 84 valence electrons. The number of aromatic nitrogens is 1. The first-order valence-corrected chi connectivity index (χ1v) is 5.20. The van der Waals surface area contributed by atoms with Gasteiger partial charge in [0.1, 0.15) is 0 Å². The van der Waals surface area contributed by atoms with Crippen LogP contribution in [-0.4, -0.2) is 18.6 Å². The number of pyridine rings is 1. The third kappa shape index (κ3) is 3.47. The van der Waals surface area contributed by atoms with E-state index < -0.39 is 0 Å². The molecule has 0 saturated carbocycles. The van der Waals surface area contributed by atoms with E-state index in [1.165, 1.54) is 0 Å². The Kier molecular flexibility index (Phi) is 5.04. The summed E-state index contributed by atoms with van der Waals surface area (Å²) in [6.45, 7) is 3.06. The molecule has 1 N–H and O–H groups in total. The molecule has 0 aliphatic heterocycles. The summed E-state index contributed by atoms with van der Waals surface area (Å²) in [4.78, 5) is 3.87. The monoisotopic (exact) mass is 212 g/mol. The van der Waals surface area contributed by atoms with Crippen LogP contribution in [0.5, 0.6) is 5.88 Å². The van der Waals surface area contributed by atoms with Gasteiger partial charge in [-0.1, -0.05) is 13.3 Å². The summed E-state index contributed by atoms with van der Waals surface area (Å²) in [6, 6.07) is 1.65. The van der Waals surface area contributed by atoms with Gasteiger partial charge in [0.25, 0.3) is 5.88 Å². The zero-order chi connectivity index (χ0) is 11.1. The molecule has 0 aliphatic rings. The second-order valence-electron chi connectivity index (χ2n) is 3.32. The van der Waals surface area contributed by atoms with Gasteiger partial charge in [-0.2, -0.15) is 0 Å². The fraction of sp³-hybridized carbons (Fsp3) is 0.545. The van der Waals surface area contributed by atoms with Gasteiger partial charge >= 0.3 is 0 Å². The molecule has 1 aromatic rings. The third-order valence-electron chi connectivity index (χ3n) is 2.04. The molecule has 0 saturated heterocycles. The molecule has 0 spiro atoms. The van der Waals surface area contributed by atoms with Crippen LogP contribution in [0, 0.1) is 5.82 Å². The Balaban J connectivity index is 2.66. The predicted molar refractivity (Wildman–Crippen MR) is 57.4 cm³/mol. The van der Waals surface area contributed by atoms with E-state index in [1.54, 1.807) is 19.3 Å². The molecule has 0 aromatic carbocycles. The fourth-order valence-corrected chi connectivity index (χ4v) is 1.20. The number of hydrogen-bond donors (Lipinski definition) is 1. The van der Waals surface area contributed by atoms with Crippen molar-refractivity contribution < 1.29 is 9.13 Å². The normalized spacial score (nSPS) is 10.3. The van der Waals surface area contributed by atoms with Gasteiger partial charge in [0, 0.05) is 18.3 Å². The van der Waals surface area contributed by atoms with Gasteiger partial charge in [0.15, 0.2) is 5.82 Å². The summed E-state index contributed by atoms with van der Waals surface area (Å²) >= 11 is 0. The van der Waals surface area contributed by atoms with Crippen molar-refractivity contribution in [3.63, 3.8) is 0 Å². The number of unbranched alkanes of at least 4 members (excludes halogenated alkanes) is 1. The Morgan fingerprint density at radius 2 is 2.33 bits per heavy atom. The fourth-order valence-electron chi connectivity index (χ4n) is 1.20. The van der Waals surface area contributed by atoms with Crippen molar-refractivity contribution >= 4 is 0 Å². The lowest BCUT2D eigenvalue weighted by Gasteiger charge is -2.08. The molecule has 0 bridgehead atoms. The van der Waals surface area contributed by atoms with E-state index in [2.05, 4.69) is 17.2 Å². The van der Waals surface area contributed by atoms with Crippen molar-refractivity contribution in [2.45, 2.75) is 26.3 Å². The van der Waals surface area contributed by atoms with E-state index in [9.17, 15) is 4.39 Å². The lowest BCUT2D eigenvalue weighted by atomic mass is 10.2. The average Bonchev–Trinajstić information content (AvgIpc) is 2.24. The molecule has 4 heteroatoms. The van der Waals surface area contributed by atoms with Gasteiger partial charge in [-0.05, 0) is 19.5 Å². The van der Waals surface area contributed by atoms with Crippen LogP contribution >= 0.6 is 0 Å². The lowest BCUT2D eigenvalue weighted by molar-refractivity contribution is 0.280. The van der Waals surface area contributed by atoms with E-state index in [4.69, 9.17) is 4.74 Å². The third-order valence-corrected chi connectivity index (χ3v) is 2.04. The Hall–Kier alpha value is -1.16. The van der Waals surface area contributed by atoms with E-state index >= 15 is 0 Å². The van der Waals surface area contributed by atoms with E-state index in [1.807, 2.05) is 0 Å². The molecule has 0 radical (unpaired) electrons. The molecule has 1 rings (SSSR count). The first-order valence-electron chi connectivity index (χ1n) is 5.20. The van der Waals surface area contributed by atoms with Crippen LogP contribution in [0.2, 0.25) is 0 Å². The first kappa shape index (κ1) is 11.9. The lowest BCUT2D eigenvalue weighted by Crippen LogP contribution is -2.09. The van der Waals surface area contributed by atoms with Gasteiger partial charge in [-0.25, -0.2) is 9.37 Å². The number of nitrogens with one attached hydrogen (secondary N) is 1. The SMILES string of the molecule is CCCCOc1nccc(CNC)c1F. The Labute approximate surface area is 89.7 Å². The summed E-state index contributed by atoms with van der Waals surface area (Å²) in [5.41, 5.74) is 0.582. The molecule has 3 nitrogen and oxygen atoms in total. The van der Waals surface area contributed by atoms with Crippen LogP contribution in [0.3, 0.4) is 0 Å². The van der Waals surface area contributed by atoms with Crippen LogP contribution in [-0.2, 0) is 6.54 Å². The number of ether oxygens (including phenoxy) is 1. The Morgan fingerprint density at radius 3 is 3.00 bits per heavy atom. The van der Waals surface area contributed by atoms with Crippen LogP contribution in [0.4, 0.5) is 4.39 Å². The predicted octanol–water partition coefficient (Wildman–Crippen LogP) is 2.12. The van der Waals surface area contributed by atoms with Gasteiger partial charge in [-0.15, -0.1) is 0 Å². The molecular weight excluding hydrogens is 195 g/mol. The maximum absolute atomic E-state index is 13.7. The number of nitrogens with zero attached hydrogens (tertiary/aromatic N) is 1. The summed E-state index contributed by atoms with van der Waals surface area (Å²) in [5, 5.41) is 2.90. The van der Waals surface area contributed by atoms with Gasteiger partial charge in [0.2, 0.25) is 0 Å².